The Kier molecular flexibility index (Phi) is 6.25. The molecule has 3 aromatic rings. The third-order valence-corrected chi connectivity index (χ3v) is 8.04. The van der Waals surface area contributed by atoms with E-state index in [1.165, 1.54) is 16.2 Å². The molecule has 0 aliphatic heterocycles. The van der Waals surface area contributed by atoms with Crippen molar-refractivity contribution in [2.45, 2.75) is 65.7 Å². The summed E-state index contributed by atoms with van der Waals surface area (Å²) in [6.45, 7) is 2.16. The first-order chi connectivity index (χ1) is 14.2. The largest absolute Gasteiger partial charge is 0.484 e. The molecule has 0 aromatic heterocycles. The van der Waals surface area contributed by atoms with E-state index in [1.54, 1.807) is 6.07 Å². The van der Waals surface area contributed by atoms with Crippen LogP contribution in [0.2, 0.25) is 0 Å². The lowest BCUT2D eigenvalue weighted by atomic mass is 9.82. The van der Waals surface area contributed by atoms with Gasteiger partial charge in [0.1, 0.15) is 5.60 Å². The van der Waals surface area contributed by atoms with E-state index in [4.69, 9.17) is 4.74 Å². The maximum Gasteiger partial charge on any atom is 0.170 e. The third kappa shape index (κ3) is 4.51. The van der Waals surface area contributed by atoms with Crippen LogP contribution >= 0.6 is 0 Å². The zero-order chi connectivity index (χ0) is 20.1. The molecule has 0 bridgehead atoms. The number of benzene rings is 3. The van der Waals surface area contributed by atoms with Crippen LogP contribution in [-0.4, -0.2) is 5.60 Å². The van der Waals surface area contributed by atoms with E-state index in [0.29, 0.717) is 5.75 Å². The second-order valence-electron chi connectivity index (χ2n) is 7.72. The average molecular weight is 408 g/mol. The van der Waals surface area contributed by atoms with Crippen LogP contribution in [0.25, 0.3) is 0 Å². The molecule has 3 aromatic carbocycles. The van der Waals surface area contributed by atoms with Crippen molar-refractivity contribution in [3.8, 4) is 5.75 Å². The molecule has 0 heterocycles. The van der Waals surface area contributed by atoms with Gasteiger partial charge in [-0.25, -0.2) is 4.39 Å². The Bertz CT molecular complexity index is 880. The lowest BCUT2D eigenvalue weighted by Gasteiger charge is -2.37. The molecule has 29 heavy (non-hydrogen) atoms. The molecule has 150 valence electrons. The van der Waals surface area contributed by atoms with Gasteiger partial charge in [-0.05, 0) is 68.5 Å². The smallest absolute Gasteiger partial charge is 0.170 e. The molecule has 1 aliphatic rings. The van der Waals surface area contributed by atoms with Crippen LogP contribution in [0.15, 0.2) is 93.5 Å². The molecule has 1 nitrogen and oxygen atoms in total. The van der Waals surface area contributed by atoms with Crippen molar-refractivity contribution in [3.63, 3.8) is 0 Å². The highest BCUT2D eigenvalue weighted by atomic mass is 32.2. The van der Waals surface area contributed by atoms with E-state index >= 15 is 0 Å². The summed E-state index contributed by atoms with van der Waals surface area (Å²) in [6, 6.07) is 26.3. The van der Waals surface area contributed by atoms with Crippen LogP contribution < -0.4 is 4.74 Å². The van der Waals surface area contributed by atoms with E-state index < -0.39 is 0 Å². The summed E-state index contributed by atoms with van der Waals surface area (Å²) in [5.41, 5.74) is -0.226. The van der Waals surface area contributed by atoms with Crippen molar-refractivity contribution in [2.24, 2.45) is 0 Å². The molecule has 1 fully saturated rings. The molecule has 0 atom stereocenters. The molecular weight excluding hydrogens is 379 g/mol. The summed E-state index contributed by atoms with van der Waals surface area (Å²) in [4.78, 5) is 3.53. The molecule has 4 rings (SSSR count). The molecule has 3 heteroatoms. The zero-order valence-corrected chi connectivity index (χ0v) is 17.8. The van der Waals surface area contributed by atoms with Gasteiger partial charge in [0.05, 0.1) is 10.9 Å². The molecule has 0 amide bonds. The van der Waals surface area contributed by atoms with Crippen LogP contribution in [0.5, 0.6) is 5.75 Å². The highest BCUT2D eigenvalue weighted by molar-refractivity contribution is 7.97. The monoisotopic (exact) mass is 407 g/mol. The summed E-state index contributed by atoms with van der Waals surface area (Å²) in [7, 11) is -0.302. The van der Waals surface area contributed by atoms with Gasteiger partial charge in [-0.15, -0.1) is 0 Å². The predicted octanol–water partition coefficient (Wildman–Crippen LogP) is 7.41. The summed E-state index contributed by atoms with van der Waals surface area (Å²) in [6.07, 6.45) is 6.51. The lowest BCUT2D eigenvalue weighted by molar-refractivity contribution is 0.0227. The maximum absolute atomic E-state index is 14.8. The minimum atomic E-state index is -0.302. The van der Waals surface area contributed by atoms with Crippen molar-refractivity contribution >= 4 is 10.9 Å². The summed E-state index contributed by atoms with van der Waals surface area (Å²) < 4.78 is 21.2. The van der Waals surface area contributed by atoms with Crippen molar-refractivity contribution in [3.05, 3.63) is 84.7 Å². The molecular formula is C26H28FOS+. The van der Waals surface area contributed by atoms with E-state index in [-0.39, 0.29) is 22.3 Å². The Morgan fingerprint density at radius 2 is 1.38 bits per heavy atom. The number of hydrogen-bond donors (Lipinski definition) is 0. The first kappa shape index (κ1) is 20.0. The quantitative estimate of drug-likeness (QED) is 0.386. The molecule has 0 unspecified atom stereocenters. The van der Waals surface area contributed by atoms with Gasteiger partial charge in [0, 0.05) is 6.07 Å². The summed E-state index contributed by atoms with van der Waals surface area (Å²) in [5, 5.41) is 0. The van der Waals surface area contributed by atoms with Gasteiger partial charge in [-0.3, -0.25) is 0 Å². The maximum atomic E-state index is 14.8. The fourth-order valence-corrected chi connectivity index (χ4v) is 6.27. The highest BCUT2D eigenvalue weighted by Gasteiger charge is 2.35. The zero-order valence-electron chi connectivity index (χ0n) is 16.9. The molecule has 0 spiro atoms. The van der Waals surface area contributed by atoms with Gasteiger partial charge in [-0.2, -0.15) is 0 Å². The Morgan fingerprint density at radius 1 is 0.793 bits per heavy atom. The van der Waals surface area contributed by atoms with Crippen molar-refractivity contribution in [1.82, 2.24) is 0 Å². The first-order valence-corrected chi connectivity index (χ1v) is 11.8. The van der Waals surface area contributed by atoms with Crippen LogP contribution in [0.3, 0.4) is 0 Å². The molecule has 0 N–H and O–H groups in total. The standard InChI is InChI=1S/C26H28FOS/c1-2-26(18-10-5-11-19-26)28-25-20-23(16-17-24(25)27)29(21-12-6-3-7-13-21)22-14-8-4-9-15-22/h3-4,6-9,12-17,20H,2,5,10-11,18-19H2,1H3/q+1. The number of ether oxygens (including phenoxy) is 1. The minimum absolute atomic E-state index is 0.226. The SMILES string of the molecule is CCC1(Oc2cc([S+](c3ccccc3)c3ccccc3)ccc2F)CCCCC1. The number of hydrogen-bond acceptors (Lipinski definition) is 1. The Labute approximate surface area is 176 Å². The van der Waals surface area contributed by atoms with Gasteiger partial charge < -0.3 is 4.74 Å². The topological polar surface area (TPSA) is 9.23 Å². The van der Waals surface area contributed by atoms with Crippen LogP contribution in [0.4, 0.5) is 4.39 Å². The predicted molar refractivity (Wildman–Crippen MR) is 118 cm³/mol. The van der Waals surface area contributed by atoms with Crippen LogP contribution in [0.1, 0.15) is 45.4 Å². The lowest BCUT2D eigenvalue weighted by Crippen LogP contribution is -2.37. The van der Waals surface area contributed by atoms with E-state index in [2.05, 4.69) is 55.5 Å². The van der Waals surface area contributed by atoms with E-state index in [1.807, 2.05) is 24.3 Å². The van der Waals surface area contributed by atoms with Crippen molar-refractivity contribution < 1.29 is 9.13 Å². The highest BCUT2D eigenvalue weighted by Crippen LogP contribution is 2.39. The average Bonchev–Trinajstić information content (AvgIpc) is 2.78. The molecule has 1 aliphatic carbocycles. The van der Waals surface area contributed by atoms with Crippen molar-refractivity contribution in [2.75, 3.05) is 0 Å². The molecule has 0 saturated heterocycles. The van der Waals surface area contributed by atoms with E-state index in [9.17, 15) is 4.39 Å². The van der Waals surface area contributed by atoms with E-state index in [0.717, 1.165) is 37.0 Å². The van der Waals surface area contributed by atoms with Gasteiger partial charge in [-0.1, -0.05) is 49.7 Å². The van der Waals surface area contributed by atoms with Gasteiger partial charge in [0.25, 0.3) is 0 Å². The van der Waals surface area contributed by atoms with Gasteiger partial charge in [0.15, 0.2) is 26.3 Å². The fourth-order valence-electron chi connectivity index (χ4n) is 4.17. The van der Waals surface area contributed by atoms with Gasteiger partial charge >= 0.3 is 0 Å². The first-order valence-electron chi connectivity index (χ1n) is 10.5. The van der Waals surface area contributed by atoms with Crippen LogP contribution in [0, 0.1) is 5.82 Å². The third-order valence-electron chi connectivity index (χ3n) is 5.83. The summed E-state index contributed by atoms with van der Waals surface area (Å²) >= 11 is 0. The molecule has 1 saturated carbocycles. The number of rotatable bonds is 6. The Balaban J connectivity index is 1.74. The Morgan fingerprint density at radius 3 is 1.93 bits per heavy atom. The minimum Gasteiger partial charge on any atom is -0.484 e. The molecule has 0 radical (unpaired) electrons. The second kappa shape index (κ2) is 9.04. The summed E-state index contributed by atoms with van der Waals surface area (Å²) in [5.74, 6) is 0.132. The van der Waals surface area contributed by atoms with Crippen LogP contribution in [-0.2, 0) is 10.9 Å². The van der Waals surface area contributed by atoms with Crippen molar-refractivity contribution in [1.29, 1.82) is 0 Å². The normalized spacial score (nSPS) is 16.0. The fraction of sp³-hybridized carbons (Fsp3) is 0.308. The number of halogens is 1. The van der Waals surface area contributed by atoms with Gasteiger partial charge in [0.2, 0.25) is 0 Å². The second-order valence-corrected chi connectivity index (χ2v) is 9.75. The Hall–Kier alpha value is -2.26.